The molecular weight excluding hydrogens is 314 g/mol. The number of carbonyl (C=O) groups is 1. The van der Waals surface area contributed by atoms with E-state index in [4.69, 9.17) is 4.74 Å². The zero-order valence-electron chi connectivity index (χ0n) is 14.8. The Morgan fingerprint density at radius 3 is 2.40 bits per heavy atom. The molecule has 0 bridgehead atoms. The number of ether oxygens (including phenoxy) is 1. The zero-order chi connectivity index (χ0) is 18.0. The summed E-state index contributed by atoms with van der Waals surface area (Å²) in [5.41, 5.74) is 2.82. The highest BCUT2D eigenvalue weighted by Gasteiger charge is 2.15. The predicted molar refractivity (Wildman–Crippen MR) is 99.1 cm³/mol. The van der Waals surface area contributed by atoms with Crippen molar-refractivity contribution in [3.8, 4) is 5.75 Å². The van der Waals surface area contributed by atoms with E-state index in [1.165, 1.54) is 5.56 Å². The first-order valence-electron chi connectivity index (χ1n) is 8.36. The molecule has 0 aliphatic heterocycles. The Labute approximate surface area is 147 Å². The van der Waals surface area contributed by atoms with Gasteiger partial charge in [-0.3, -0.25) is 9.36 Å². The Morgan fingerprint density at radius 2 is 1.76 bits per heavy atom. The Bertz CT molecular complexity index is 886. The standard InChI is InChI=1S/C21H23NO3/c1-21(2,3)16-8-10-17(11-9-16)25-14-20(24)22-12-15(13-23)18-6-4-5-7-19(18)22/h4-12,23H,13-14H2,1-3H3. The number of rotatable bonds is 4. The van der Waals surface area contributed by atoms with Crippen molar-refractivity contribution in [2.75, 3.05) is 6.61 Å². The molecule has 4 nitrogen and oxygen atoms in total. The first-order valence-corrected chi connectivity index (χ1v) is 8.36. The van der Waals surface area contributed by atoms with Crippen molar-refractivity contribution in [3.05, 3.63) is 65.9 Å². The highest BCUT2D eigenvalue weighted by molar-refractivity contribution is 5.95. The second kappa shape index (κ2) is 6.73. The summed E-state index contributed by atoms with van der Waals surface area (Å²) in [5, 5.41) is 10.4. The first-order chi connectivity index (χ1) is 11.9. The number of aliphatic hydroxyl groups excluding tert-OH is 1. The lowest BCUT2D eigenvalue weighted by Crippen LogP contribution is -2.18. The van der Waals surface area contributed by atoms with Gasteiger partial charge in [-0.1, -0.05) is 51.1 Å². The Balaban J connectivity index is 1.75. The van der Waals surface area contributed by atoms with Crippen molar-refractivity contribution in [1.82, 2.24) is 4.57 Å². The number of hydrogen-bond acceptors (Lipinski definition) is 3. The molecular formula is C21H23NO3. The number of fused-ring (bicyclic) bond motifs is 1. The van der Waals surface area contributed by atoms with Gasteiger partial charge in [-0.05, 0) is 29.2 Å². The second-order valence-corrected chi connectivity index (χ2v) is 7.16. The number of carbonyl (C=O) groups excluding carboxylic acids is 1. The molecule has 25 heavy (non-hydrogen) atoms. The molecule has 1 N–H and O–H groups in total. The lowest BCUT2D eigenvalue weighted by Gasteiger charge is -2.19. The molecule has 0 saturated heterocycles. The molecule has 1 heterocycles. The summed E-state index contributed by atoms with van der Waals surface area (Å²) >= 11 is 0. The number of para-hydroxylation sites is 1. The molecule has 0 spiro atoms. The maximum absolute atomic E-state index is 12.5. The topological polar surface area (TPSA) is 51.5 Å². The number of benzene rings is 2. The van der Waals surface area contributed by atoms with E-state index in [1.807, 2.05) is 48.5 Å². The molecule has 0 saturated carbocycles. The molecule has 0 aliphatic carbocycles. The van der Waals surface area contributed by atoms with Crippen molar-refractivity contribution in [3.63, 3.8) is 0 Å². The van der Waals surface area contributed by atoms with Gasteiger partial charge >= 0.3 is 0 Å². The lowest BCUT2D eigenvalue weighted by atomic mass is 9.87. The van der Waals surface area contributed by atoms with Crippen LogP contribution in [0.4, 0.5) is 0 Å². The van der Waals surface area contributed by atoms with Gasteiger partial charge in [0.1, 0.15) is 5.75 Å². The molecule has 0 radical (unpaired) electrons. The third kappa shape index (κ3) is 3.59. The highest BCUT2D eigenvalue weighted by atomic mass is 16.5. The van der Waals surface area contributed by atoms with Gasteiger partial charge in [0.05, 0.1) is 12.1 Å². The third-order valence-electron chi connectivity index (χ3n) is 4.32. The number of hydrogen-bond donors (Lipinski definition) is 1. The van der Waals surface area contributed by atoms with Gasteiger partial charge in [0.25, 0.3) is 5.91 Å². The highest BCUT2D eigenvalue weighted by Crippen LogP contribution is 2.25. The summed E-state index contributed by atoms with van der Waals surface area (Å²) < 4.78 is 7.19. The average molecular weight is 337 g/mol. The van der Waals surface area contributed by atoms with Gasteiger partial charge in [0, 0.05) is 17.1 Å². The van der Waals surface area contributed by atoms with Crippen LogP contribution in [0.5, 0.6) is 5.75 Å². The Kier molecular flexibility index (Phi) is 4.64. The van der Waals surface area contributed by atoms with E-state index in [0.29, 0.717) is 5.75 Å². The molecule has 0 fully saturated rings. The molecule has 130 valence electrons. The minimum Gasteiger partial charge on any atom is -0.484 e. The zero-order valence-corrected chi connectivity index (χ0v) is 14.8. The smallest absolute Gasteiger partial charge is 0.268 e. The van der Waals surface area contributed by atoms with E-state index in [2.05, 4.69) is 20.8 Å². The van der Waals surface area contributed by atoms with Crippen LogP contribution in [0.3, 0.4) is 0 Å². The van der Waals surface area contributed by atoms with Gasteiger partial charge < -0.3 is 9.84 Å². The first kappa shape index (κ1) is 17.2. The van der Waals surface area contributed by atoms with Crippen LogP contribution in [-0.2, 0) is 12.0 Å². The minimum atomic E-state index is -0.171. The van der Waals surface area contributed by atoms with Crippen molar-refractivity contribution in [2.24, 2.45) is 0 Å². The number of nitrogens with zero attached hydrogens (tertiary/aromatic N) is 1. The SMILES string of the molecule is CC(C)(C)c1ccc(OCC(=O)n2cc(CO)c3ccccc32)cc1. The van der Waals surface area contributed by atoms with E-state index < -0.39 is 0 Å². The van der Waals surface area contributed by atoms with Crippen LogP contribution < -0.4 is 4.74 Å². The van der Waals surface area contributed by atoms with Crippen molar-refractivity contribution < 1.29 is 14.6 Å². The fourth-order valence-corrected chi connectivity index (χ4v) is 2.85. The largest absolute Gasteiger partial charge is 0.484 e. The van der Waals surface area contributed by atoms with Gasteiger partial charge in [0.2, 0.25) is 0 Å². The van der Waals surface area contributed by atoms with E-state index >= 15 is 0 Å². The van der Waals surface area contributed by atoms with E-state index in [9.17, 15) is 9.90 Å². The quantitative estimate of drug-likeness (QED) is 0.778. The van der Waals surface area contributed by atoms with Crippen LogP contribution >= 0.6 is 0 Å². The van der Waals surface area contributed by atoms with Crippen molar-refractivity contribution in [2.45, 2.75) is 32.8 Å². The molecule has 4 heteroatoms. The lowest BCUT2D eigenvalue weighted by molar-refractivity contribution is 0.0843. The fraction of sp³-hybridized carbons (Fsp3) is 0.286. The third-order valence-corrected chi connectivity index (χ3v) is 4.32. The summed E-state index contributed by atoms with van der Waals surface area (Å²) in [4.78, 5) is 12.5. The molecule has 2 aromatic carbocycles. The molecule has 0 unspecified atom stereocenters. The number of aromatic nitrogens is 1. The van der Waals surface area contributed by atoms with Gasteiger partial charge in [-0.15, -0.1) is 0 Å². The van der Waals surface area contributed by atoms with Gasteiger partial charge in [0.15, 0.2) is 6.61 Å². The Morgan fingerprint density at radius 1 is 1.08 bits per heavy atom. The van der Waals surface area contributed by atoms with E-state index in [-0.39, 0.29) is 24.5 Å². The van der Waals surface area contributed by atoms with Crippen LogP contribution in [0, 0.1) is 0 Å². The molecule has 1 aromatic heterocycles. The van der Waals surface area contributed by atoms with Crippen LogP contribution in [0.2, 0.25) is 0 Å². The second-order valence-electron chi connectivity index (χ2n) is 7.16. The molecule has 0 aliphatic rings. The van der Waals surface area contributed by atoms with Crippen molar-refractivity contribution in [1.29, 1.82) is 0 Å². The maximum atomic E-state index is 12.5. The summed E-state index contributed by atoms with van der Waals surface area (Å²) in [7, 11) is 0. The van der Waals surface area contributed by atoms with E-state index in [0.717, 1.165) is 16.5 Å². The van der Waals surface area contributed by atoms with E-state index in [1.54, 1.807) is 10.8 Å². The minimum absolute atomic E-state index is 0.0571. The molecule has 3 rings (SSSR count). The van der Waals surface area contributed by atoms with Crippen LogP contribution in [0.15, 0.2) is 54.7 Å². The normalized spacial score (nSPS) is 11.7. The summed E-state index contributed by atoms with van der Waals surface area (Å²) in [5.74, 6) is 0.496. The van der Waals surface area contributed by atoms with Gasteiger partial charge in [-0.25, -0.2) is 0 Å². The van der Waals surface area contributed by atoms with Crippen LogP contribution in [0.25, 0.3) is 10.9 Å². The molecule has 0 atom stereocenters. The number of aliphatic hydroxyl groups is 1. The fourth-order valence-electron chi connectivity index (χ4n) is 2.85. The summed E-state index contributed by atoms with van der Waals surface area (Å²) in [6.07, 6.45) is 1.68. The summed E-state index contributed by atoms with van der Waals surface area (Å²) in [6, 6.07) is 15.4. The van der Waals surface area contributed by atoms with Crippen LogP contribution in [-0.4, -0.2) is 22.2 Å². The monoisotopic (exact) mass is 337 g/mol. The molecule has 0 amide bonds. The average Bonchev–Trinajstić information content (AvgIpc) is 2.98. The molecule has 3 aromatic rings. The predicted octanol–water partition coefficient (Wildman–Crippen LogP) is 4.15. The van der Waals surface area contributed by atoms with Gasteiger partial charge in [-0.2, -0.15) is 0 Å². The Hall–Kier alpha value is -2.59. The van der Waals surface area contributed by atoms with Crippen LogP contribution in [0.1, 0.15) is 36.7 Å². The summed E-state index contributed by atoms with van der Waals surface area (Å²) in [6.45, 7) is 6.31. The van der Waals surface area contributed by atoms with Crippen molar-refractivity contribution >= 4 is 16.8 Å². The maximum Gasteiger partial charge on any atom is 0.268 e.